The zero-order chi connectivity index (χ0) is 13.7. The van der Waals surface area contributed by atoms with Crippen LogP contribution in [-0.4, -0.2) is 36.6 Å². The molecule has 19 heavy (non-hydrogen) atoms. The Kier molecular flexibility index (Phi) is 6.15. The quantitative estimate of drug-likeness (QED) is 0.721. The third kappa shape index (κ3) is 5.07. The molecule has 0 aromatic rings. The molecule has 0 bridgehead atoms. The van der Waals surface area contributed by atoms with E-state index in [1.54, 1.807) is 0 Å². The first-order chi connectivity index (χ1) is 9.22. The van der Waals surface area contributed by atoms with E-state index in [2.05, 4.69) is 31.0 Å². The molecule has 1 aliphatic heterocycles. The van der Waals surface area contributed by atoms with Gasteiger partial charge in [0.05, 0.1) is 0 Å². The third-order valence-corrected chi connectivity index (χ3v) is 5.28. The second-order valence-corrected chi connectivity index (χ2v) is 6.97. The molecule has 0 spiro atoms. The van der Waals surface area contributed by atoms with Gasteiger partial charge in [-0.05, 0) is 70.0 Å². The summed E-state index contributed by atoms with van der Waals surface area (Å²) in [5, 5.41) is 3.79. The Morgan fingerprint density at radius 2 is 1.74 bits per heavy atom. The second kappa shape index (κ2) is 7.64. The molecule has 2 unspecified atom stereocenters. The minimum atomic E-state index is 0.804. The minimum Gasteiger partial charge on any atom is -0.314 e. The van der Waals surface area contributed by atoms with Crippen LogP contribution in [0.15, 0.2) is 0 Å². The summed E-state index contributed by atoms with van der Waals surface area (Å²) >= 11 is 0. The number of piperidine rings is 1. The molecular weight excluding hydrogens is 232 g/mol. The molecule has 0 amide bonds. The minimum absolute atomic E-state index is 0.804. The zero-order valence-electron chi connectivity index (χ0n) is 13.3. The molecule has 1 N–H and O–H groups in total. The van der Waals surface area contributed by atoms with E-state index in [0.717, 1.165) is 23.9 Å². The largest absolute Gasteiger partial charge is 0.314 e. The Bertz CT molecular complexity index is 242. The van der Waals surface area contributed by atoms with Crippen LogP contribution in [0.4, 0.5) is 0 Å². The highest BCUT2D eigenvalue weighted by Crippen LogP contribution is 2.28. The van der Waals surface area contributed by atoms with Crippen molar-refractivity contribution < 1.29 is 0 Å². The predicted octanol–water partition coefficient (Wildman–Crippen LogP) is 3.67. The van der Waals surface area contributed by atoms with Gasteiger partial charge in [0.2, 0.25) is 0 Å². The second-order valence-electron chi connectivity index (χ2n) is 6.97. The van der Waals surface area contributed by atoms with E-state index in [-0.39, 0.29) is 0 Å². The molecule has 2 heteroatoms. The summed E-state index contributed by atoms with van der Waals surface area (Å²) < 4.78 is 0. The molecule has 2 fully saturated rings. The average Bonchev–Trinajstić information content (AvgIpc) is 3.27. The molecule has 112 valence electrons. The summed E-state index contributed by atoms with van der Waals surface area (Å²) in [6, 6.07) is 1.64. The predicted molar refractivity (Wildman–Crippen MR) is 83.5 cm³/mol. The lowest BCUT2D eigenvalue weighted by Gasteiger charge is -2.38. The maximum Gasteiger partial charge on any atom is 0.00951 e. The van der Waals surface area contributed by atoms with E-state index in [4.69, 9.17) is 0 Å². The molecule has 2 atom stereocenters. The van der Waals surface area contributed by atoms with Crippen LogP contribution in [0.3, 0.4) is 0 Å². The fourth-order valence-electron chi connectivity index (χ4n) is 3.33. The van der Waals surface area contributed by atoms with Crippen LogP contribution in [0.25, 0.3) is 0 Å². The lowest BCUT2D eigenvalue weighted by atomic mass is 9.94. The highest BCUT2D eigenvalue weighted by atomic mass is 15.2. The Morgan fingerprint density at radius 3 is 2.26 bits per heavy atom. The van der Waals surface area contributed by atoms with Crippen molar-refractivity contribution in [2.75, 3.05) is 19.6 Å². The lowest BCUT2D eigenvalue weighted by Crippen LogP contribution is -2.47. The maximum absolute atomic E-state index is 3.79. The van der Waals surface area contributed by atoms with E-state index < -0.39 is 0 Å². The molecule has 1 heterocycles. The van der Waals surface area contributed by atoms with Gasteiger partial charge >= 0.3 is 0 Å². The van der Waals surface area contributed by atoms with Gasteiger partial charge in [-0.1, -0.05) is 27.2 Å². The van der Waals surface area contributed by atoms with E-state index >= 15 is 0 Å². The molecule has 0 aromatic heterocycles. The molecule has 0 radical (unpaired) electrons. The Balaban J connectivity index is 1.67. The van der Waals surface area contributed by atoms with Crippen LogP contribution < -0.4 is 5.32 Å². The molecule has 2 aliphatic rings. The highest BCUT2D eigenvalue weighted by Gasteiger charge is 2.26. The average molecular weight is 266 g/mol. The van der Waals surface area contributed by atoms with Crippen molar-refractivity contribution in [1.29, 1.82) is 0 Å². The van der Waals surface area contributed by atoms with Crippen LogP contribution in [0.1, 0.15) is 65.7 Å². The van der Waals surface area contributed by atoms with Gasteiger partial charge < -0.3 is 10.2 Å². The van der Waals surface area contributed by atoms with Crippen molar-refractivity contribution in [2.45, 2.75) is 77.8 Å². The van der Waals surface area contributed by atoms with Crippen molar-refractivity contribution in [3.63, 3.8) is 0 Å². The van der Waals surface area contributed by atoms with Gasteiger partial charge in [-0.15, -0.1) is 0 Å². The van der Waals surface area contributed by atoms with Gasteiger partial charge in [0.25, 0.3) is 0 Å². The first-order valence-electron chi connectivity index (χ1n) is 8.70. The molecule has 0 aromatic carbocycles. The van der Waals surface area contributed by atoms with Crippen LogP contribution in [0, 0.1) is 11.8 Å². The van der Waals surface area contributed by atoms with E-state index in [9.17, 15) is 0 Å². The van der Waals surface area contributed by atoms with Crippen LogP contribution in [0.2, 0.25) is 0 Å². The van der Waals surface area contributed by atoms with Crippen molar-refractivity contribution in [2.24, 2.45) is 11.8 Å². The number of hydrogen-bond acceptors (Lipinski definition) is 2. The van der Waals surface area contributed by atoms with E-state index in [1.165, 1.54) is 64.6 Å². The normalized spacial score (nSPS) is 25.4. The van der Waals surface area contributed by atoms with Crippen molar-refractivity contribution in [3.8, 4) is 0 Å². The SMILES string of the molecule is CCC(C)CC(CC)N1CCC(NCC2CC2)CC1. The number of nitrogens with zero attached hydrogens (tertiary/aromatic N) is 1. The molecule has 1 aliphatic carbocycles. The molecule has 2 nitrogen and oxygen atoms in total. The van der Waals surface area contributed by atoms with Crippen molar-refractivity contribution in [3.05, 3.63) is 0 Å². The summed E-state index contributed by atoms with van der Waals surface area (Å²) in [5.41, 5.74) is 0. The van der Waals surface area contributed by atoms with Gasteiger partial charge in [-0.3, -0.25) is 0 Å². The van der Waals surface area contributed by atoms with E-state index in [1.807, 2.05) is 0 Å². The van der Waals surface area contributed by atoms with Crippen LogP contribution in [0.5, 0.6) is 0 Å². The lowest BCUT2D eigenvalue weighted by molar-refractivity contribution is 0.122. The summed E-state index contributed by atoms with van der Waals surface area (Å²) in [6.45, 7) is 11.0. The molecule has 1 saturated heterocycles. The maximum atomic E-state index is 3.79. The van der Waals surface area contributed by atoms with Crippen molar-refractivity contribution in [1.82, 2.24) is 10.2 Å². The number of likely N-dealkylation sites (tertiary alicyclic amines) is 1. The molecular formula is C17H34N2. The standard InChI is InChI=1S/C17H34N2/c1-4-14(3)12-17(5-2)19-10-8-16(9-11-19)18-13-15-6-7-15/h14-18H,4-13H2,1-3H3. The number of hydrogen-bond donors (Lipinski definition) is 1. The fraction of sp³-hybridized carbons (Fsp3) is 1.00. The number of rotatable bonds is 8. The van der Waals surface area contributed by atoms with Gasteiger partial charge in [0.1, 0.15) is 0 Å². The summed E-state index contributed by atoms with van der Waals surface area (Å²) in [6.07, 6.45) is 9.72. The zero-order valence-corrected chi connectivity index (χ0v) is 13.3. The van der Waals surface area contributed by atoms with Crippen LogP contribution in [-0.2, 0) is 0 Å². The summed E-state index contributed by atoms with van der Waals surface area (Å²) in [7, 11) is 0. The van der Waals surface area contributed by atoms with Gasteiger partial charge in [-0.2, -0.15) is 0 Å². The third-order valence-electron chi connectivity index (χ3n) is 5.28. The first kappa shape index (κ1) is 15.3. The topological polar surface area (TPSA) is 15.3 Å². The smallest absolute Gasteiger partial charge is 0.00951 e. The summed E-state index contributed by atoms with van der Waals surface area (Å²) in [4.78, 5) is 2.77. The highest BCUT2D eigenvalue weighted by molar-refractivity contribution is 4.84. The van der Waals surface area contributed by atoms with Gasteiger partial charge in [-0.25, -0.2) is 0 Å². The monoisotopic (exact) mass is 266 g/mol. The Labute approximate surface area is 120 Å². The Morgan fingerprint density at radius 1 is 1.05 bits per heavy atom. The molecule has 2 rings (SSSR count). The summed E-state index contributed by atoms with van der Waals surface area (Å²) in [5.74, 6) is 1.91. The van der Waals surface area contributed by atoms with Crippen LogP contribution >= 0.6 is 0 Å². The number of nitrogens with one attached hydrogen (secondary N) is 1. The van der Waals surface area contributed by atoms with Crippen molar-refractivity contribution >= 4 is 0 Å². The molecule has 1 saturated carbocycles. The van der Waals surface area contributed by atoms with Gasteiger partial charge in [0, 0.05) is 12.1 Å². The van der Waals surface area contributed by atoms with Gasteiger partial charge in [0.15, 0.2) is 0 Å². The first-order valence-corrected chi connectivity index (χ1v) is 8.70. The Hall–Kier alpha value is -0.0800. The fourth-order valence-corrected chi connectivity index (χ4v) is 3.33. The van der Waals surface area contributed by atoms with E-state index in [0.29, 0.717) is 0 Å².